The molecule has 9 nitrogen and oxygen atoms in total. The Kier molecular flexibility index (Phi) is 10.6. The highest BCUT2D eigenvalue weighted by Gasteiger charge is 2.37. The van der Waals surface area contributed by atoms with Gasteiger partial charge >= 0.3 is 0 Å². The van der Waals surface area contributed by atoms with Crippen LogP contribution in [0.25, 0.3) is 0 Å². The monoisotopic (exact) mass is 561 g/mol. The lowest BCUT2D eigenvalue weighted by Gasteiger charge is -2.39. The summed E-state index contributed by atoms with van der Waals surface area (Å²) in [5.74, 6) is -1.68. The fourth-order valence-electron chi connectivity index (χ4n) is 4.72. The molecule has 0 radical (unpaired) electrons. The van der Waals surface area contributed by atoms with Gasteiger partial charge in [-0.25, -0.2) is 12.8 Å². The Labute approximate surface area is 231 Å². The van der Waals surface area contributed by atoms with E-state index in [1.54, 1.807) is 18.7 Å². The molecule has 2 amide bonds. The molecule has 0 unspecified atom stereocenters. The number of benzene rings is 2. The summed E-state index contributed by atoms with van der Waals surface area (Å²) in [6.07, 6.45) is 0.743. The van der Waals surface area contributed by atoms with Crippen LogP contribution in [0.3, 0.4) is 0 Å². The third-order valence-corrected chi connectivity index (χ3v) is 9.10. The van der Waals surface area contributed by atoms with Crippen LogP contribution >= 0.6 is 0 Å². The zero-order valence-corrected chi connectivity index (χ0v) is 23.8. The highest BCUT2D eigenvalue weighted by Crippen LogP contribution is 2.19. The van der Waals surface area contributed by atoms with E-state index in [0.29, 0.717) is 31.6 Å². The maximum atomic E-state index is 13.3. The standard InChI is InChI=1S/C28H40FN5O4S/c1-19(2)34-15-14-33(18-39(34,37)38)21(4)28(36)32-26(17-22-8-6-5-7-9-22)25(30)16-20(3)27(35)31-24-12-10-23(29)11-13-24/h5-13,19-21,25-26H,14-18,30H2,1-4H3,(H,31,35)(H,32,36)/t20-,21+,25+,26+/m1/s1. The summed E-state index contributed by atoms with van der Waals surface area (Å²) in [6, 6.07) is 13.2. The van der Waals surface area contributed by atoms with Crippen molar-refractivity contribution in [3.8, 4) is 0 Å². The van der Waals surface area contributed by atoms with Crippen molar-refractivity contribution in [1.82, 2.24) is 14.5 Å². The summed E-state index contributed by atoms with van der Waals surface area (Å²) >= 11 is 0. The molecule has 2 aromatic carbocycles. The van der Waals surface area contributed by atoms with Gasteiger partial charge in [-0.2, -0.15) is 4.31 Å². The van der Waals surface area contributed by atoms with E-state index in [1.807, 2.05) is 44.2 Å². The fourth-order valence-corrected chi connectivity index (χ4v) is 6.65. The lowest BCUT2D eigenvalue weighted by molar-refractivity contribution is -0.126. The Balaban J connectivity index is 1.68. The van der Waals surface area contributed by atoms with Crippen molar-refractivity contribution in [1.29, 1.82) is 0 Å². The molecule has 2 aromatic rings. The number of rotatable bonds is 11. The van der Waals surface area contributed by atoms with Crippen LogP contribution in [0.4, 0.5) is 10.1 Å². The van der Waals surface area contributed by atoms with E-state index in [-0.39, 0.29) is 23.7 Å². The quantitative estimate of drug-likeness (QED) is 0.387. The first-order chi connectivity index (χ1) is 18.4. The van der Waals surface area contributed by atoms with Gasteiger partial charge in [0, 0.05) is 42.8 Å². The minimum absolute atomic E-state index is 0.142. The molecule has 1 aliphatic rings. The number of hydrogen-bond donors (Lipinski definition) is 3. The Hall–Kier alpha value is -2.86. The molecule has 214 valence electrons. The minimum atomic E-state index is -3.51. The van der Waals surface area contributed by atoms with Gasteiger partial charge in [-0.1, -0.05) is 37.3 Å². The van der Waals surface area contributed by atoms with Crippen molar-refractivity contribution in [2.45, 2.75) is 64.7 Å². The zero-order chi connectivity index (χ0) is 28.7. The van der Waals surface area contributed by atoms with E-state index >= 15 is 0 Å². The fraction of sp³-hybridized carbons (Fsp3) is 0.500. The smallest absolute Gasteiger partial charge is 0.237 e. The number of anilines is 1. The Morgan fingerprint density at radius 3 is 2.21 bits per heavy atom. The molecule has 4 N–H and O–H groups in total. The molecule has 4 atom stereocenters. The van der Waals surface area contributed by atoms with Crippen LogP contribution in [-0.4, -0.2) is 72.6 Å². The number of amides is 2. The predicted octanol–water partition coefficient (Wildman–Crippen LogP) is 2.55. The predicted molar refractivity (Wildman–Crippen MR) is 151 cm³/mol. The van der Waals surface area contributed by atoms with Gasteiger partial charge in [-0.05, 0) is 63.4 Å². The van der Waals surface area contributed by atoms with Crippen LogP contribution in [-0.2, 0) is 26.0 Å². The molecule has 0 spiro atoms. The molecule has 0 aliphatic carbocycles. The molecule has 11 heteroatoms. The first-order valence-corrected chi connectivity index (χ1v) is 14.9. The largest absolute Gasteiger partial charge is 0.350 e. The highest BCUT2D eigenvalue weighted by molar-refractivity contribution is 7.89. The number of halogens is 1. The minimum Gasteiger partial charge on any atom is -0.350 e. The summed E-state index contributed by atoms with van der Waals surface area (Å²) in [5, 5.41) is 5.80. The number of hydrogen-bond acceptors (Lipinski definition) is 6. The second-order valence-corrected chi connectivity index (χ2v) is 12.4. The first-order valence-electron chi connectivity index (χ1n) is 13.3. The van der Waals surface area contributed by atoms with E-state index in [1.165, 1.54) is 28.6 Å². The third kappa shape index (κ3) is 8.56. The van der Waals surface area contributed by atoms with Crippen LogP contribution < -0.4 is 16.4 Å². The van der Waals surface area contributed by atoms with Crippen molar-refractivity contribution in [3.63, 3.8) is 0 Å². The van der Waals surface area contributed by atoms with Gasteiger partial charge in [0.2, 0.25) is 21.8 Å². The molecular weight excluding hydrogens is 521 g/mol. The lowest BCUT2D eigenvalue weighted by Crippen LogP contribution is -2.59. The van der Waals surface area contributed by atoms with Crippen molar-refractivity contribution in [3.05, 3.63) is 66.0 Å². The molecular formula is C28H40FN5O4S. The van der Waals surface area contributed by atoms with E-state index < -0.39 is 39.9 Å². The normalized spacial score (nSPS) is 19.2. The van der Waals surface area contributed by atoms with Gasteiger partial charge in [-0.3, -0.25) is 14.5 Å². The van der Waals surface area contributed by atoms with Crippen molar-refractivity contribution >= 4 is 27.5 Å². The van der Waals surface area contributed by atoms with Crippen molar-refractivity contribution < 1.29 is 22.4 Å². The summed E-state index contributed by atoms with van der Waals surface area (Å²) in [5.41, 5.74) is 8.04. The summed E-state index contributed by atoms with van der Waals surface area (Å²) in [6.45, 7) is 7.88. The molecule has 1 heterocycles. The van der Waals surface area contributed by atoms with Gasteiger partial charge in [0.1, 0.15) is 11.7 Å². The summed E-state index contributed by atoms with van der Waals surface area (Å²) in [4.78, 5) is 27.8. The van der Waals surface area contributed by atoms with Crippen LogP contribution in [0.5, 0.6) is 0 Å². The molecule has 3 rings (SSSR count). The number of carbonyl (C=O) groups is 2. The van der Waals surface area contributed by atoms with Crippen LogP contribution in [0.2, 0.25) is 0 Å². The van der Waals surface area contributed by atoms with Crippen LogP contribution in [0.15, 0.2) is 54.6 Å². The van der Waals surface area contributed by atoms with E-state index in [0.717, 1.165) is 5.56 Å². The number of nitrogens with two attached hydrogens (primary N) is 1. The van der Waals surface area contributed by atoms with Crippen molar-refractivity contribution in [2.75, 3.05) is 24.3 Å². The molecule has 0 aromatic heterocycles. The van der Waals surface area contributed by atoms with Crippen LogP contribution in [0, 0.1) is 11.7 Å². The maximum Gasteiger partial charge on any atom is 0.237 e. The first kappa shape index (κ1) is 30.7. The number of nitrogens with one attached hydrogen (secondary N) is 2. The average Bonchev–Trinajstić information content (AvgIpc) is 2.88. The summed E-state index contributed by atoms with van der Waals surface area (Å²) in [7, 11) is -3.51. The van der Waals surface area contributed by atoms with E-state index in [2.05, 4.69) is 10.6 Å². The SMILES string of the molecule is CC(C)N1CCN([C@@H](C)C(=O)N[C@@H](Cc2ccccc2)[C@@H](N)C[C@@H](C)C(=O)Nc2ccc(F)cc2)CS1(=O)=O. The second-order valence-electron chi connectivity index (χ2n) is 10.5. The zero-order valence-electron chi connectivity index (χ0n) is 23.0. The van der Waals surface area contributed by atoms with E-state index in [9.17, 15) is 22.4 Å². The van der Waals surface area contributed by atoms with Gasteiger partial charge in [0.25, 0.3) is 0 Å². The second kappa shape index (κ2) is 13.5. The Morgan fingerprint density at radius 2 is 1.62 bits per heavy atom. The number of sulfonamides is 1. The molecule has 1 aliphatic heterocycles. The van der Waals surface area contributed by atoms with Gasteiger partial charge in [0.05, 0.1) is 6.04 Å². The summed E-state index contributed by atoms with van der Waals surface area (Å²) < 4.78 is 40.1. The molecule has 0 bridgehead atoms. The maximum absolute atomic E-state index is 13.3. The third-order valence-electron chi connectivity index (χ3n) is 7.12. The lowest BCUT2D eigenvalue weighted by atomic mass is 9.92. The molecule has 1 fully saturated rings. The van der Waals surface area contributed by atoms with Crippen molar-refractivity contribution in [2.24, 2.45) is 11.7 Å². The number of carbonyl (C=O) groups excluding carboxylic acids is 2. The molecule has 1 saturated heterocycles. The number of nitrogens with zero attached hydrogens (tertiary/aromatic N) is 2. The van der Waals surface area contributed by atoms with E-state index in [4.69, 9.17) is 5.73 Å². The Bertz CT molecular complexity index is 1210. The average molecular weight is 562 g/mol. The van der Waals surface area contributed by atoms with Gasteiger partial charge in [0.15, 0.2) is 0 Å². The van der Waals surface area contributed by atoms with Gasteiger partial charge < -0.3 is 16.4 Å². The Morgan fingerprint density at radius 1 is 0.974 bits per heavy atom. The van der Waals surface area contributed by atoms with Gasteiger partial charge in [-0.15, -0.1) is 0 Å². The topological polar surface area (TPSA) is 125 Å². The molecule has 39 heavy (non-hydrogen) atoms. The van der Waals surface area contributed by atoms with Crippen LogP contribution in [0.1, 0.15) is 39.7 Å². The molecule has 0 saturated carbocycles. The highest BCUT2D eigenvalue weighted by atomic mass is 32.2.